The Bertz CT molecular complexity index is 1030. The summed E-state index contributed by atoms with van der Waals surface area (Å²) in [6.07, 6.45) is 2.07. The molecule has 0 atom stereocenters. The van der Waals surface area contributed by atoms with E-state index in [-0.39, 0.29) is 5.56 Å². The number of aromatic nitrogens is 2. The number of aryl methyl sites for hydroxylation is 1. The summed E-state index contributed by atoms with van der Waals surface area (Å²) in [6.45, 7) is 2.01. The van der Waals surface area contributed by atoms with E-state index in [1.54, 1.807) is 30.3 Å². The van der Waals surface area contributed by atoms with Crippen LogP contribution >= 0.6 is 0 Å². The van der Waals surface area contributed by atoms with Crippen molar-refractivity contribution in [3.8, 4) is 11.6 Å². The smallest absolute Gasteiger partial charge is 0.335 e. The van der Waals surface area contributed by atoms with Crippen LogP contribution < -0.4 is 11.2 Å². The van der Waals surface area contributed by atoms with Gasteiger partial charge in [0.05, 0.1) is 11.4 Å². The van der Waals surface area contributed by atoms with Gasteiger partial charge in [0, 0.05) is 6.21 Å². The summed E-state index contributed by atoms with van der Waals surface area (Å²) in [7, 11) is 0. The number of rotatable bonds is 4. The highest BCUT2D eigenvalue weighted by Crippen LogP contribution is 2.20. The van der Waals surface area contributed by atoms with Crippen molar-refractivity contribution in [1.29, 1.82) is 0 Å². The molecule has 0 bridgehead atoms. The van der Waals surface area contributed by atoms with Crippen molar-refractivity contribution in [2.45, 2.75) is 13.3 Å². The van der Waals surface area contributed by atoms with Gasteiger partial charge in [-0.25, -0.2) is 9.36 Å². The zero-order chi connectivity index (χ0) is 17.8. The van der Waals surface area contributed by atoms with Crippen molar-refractivity contribution < 1.29 is 5.11 Å². The van der Waals surface area contributed by atoms with Crippen LogP contribution in [0.2, 0.25) is 0 Å². The van der Waals surface area contributed by atoms with E-state index in [0.717, 1.165) is 16.6 Å². The van der Waals surface area contributed by atoms with Crippen LogP contribution in [0, 0.1) is 0 Å². The van der Waals surface area contributed by atoms with Gasteiger partial charge in [0.2, 0.25) is 5.88 Å². The normalized spacial score (nSPS) is 11.1. The molecule has 3 rings (SSSR count). The van der Waals surface area contributed by atoms with Crippen molar-refractivity contribution in [1.82, 2.24) is 9.55 Å². The van der Waals surface area contributed by atoms with E-state index in [9.17, 15) is 14.7 Å². The molecule has 0 aliphatic heterocycles. The lowest BCUT2D eigenvalue weighted by Crippen LogP contribution is -2.31. The van der Waals surface area contributed by atoms with Gasteiger partial charge >= 0.3 is 5.69 Å². The summed E-state index contributed by atoms with van der Waals surface area (Å²) in [5.74, 6) is -0.447. The average Bonchev–Trinajstić information content (AvgIpc) is 2.62. The quantitative estimate of drug-likeness (QED) is 0.718. The summed E-state index contributed by atoms with van der Waals surface area (Å²) in [4.78, 5) is 30.7. The van der Waals surface area contributed by atoms with Gasteiger partial charge in [0.1, 0.15) is 5.56 Å². The number of benzene rings is 2. The van der Waals surface area contributed by atoms with Gasteiger partial charge in [-0.05, 0) is 30.2 Å². The van der Waals surface area contributed by atoms with E-state index in [2.05, 4.69) is 9.98 Å². The molecule has 25 heavy (non-hydrogen) atoms. The number of hydrogen-bond acceptors (Lipinski definition) is 4. The van der Waals surface area contributed by atoms with Crippen molar-refractivity contribution in [3.05, 3.63) is 86.6 Å². The first-order chi connectivity index (χ1) is 12.1. The van der Waals surface area contributed by atoms with Gasteiger partial charge in [0.15, 0.2) is 0 Å². The highest BCUT2D eigenvalue weighted by Gasteiger charge is 2.14. The fraction of sp³-hybridized carbons (Fsp3) is 0.105. The molecule has 0 saturated heterocycles. The topological polar surface area (TPSA) is 87.4 Å². The number of nitrogens with zero attached hydrogens (tertiary/aromatic N) is 2. The van der Waals surface area contributed by atoms with E-state index in [1.165, 1.54) is 6.21 Å². The summed E-state index contributed by atoms with van der Waals surface area (Å²) in [6, 6.07) is 16.1. The number of nitrogens with one attached hydrogen (secondary N) is 1. The minimum absolute atomic E-state index is 0.0747. The lowest BCUT2D eigenvalue weighted by atomic mass is 10.1. The van der Waals surface area contributed by atoms with Gasteiger partial charge in [-0.1, -0.05) is 43.3 Å². The first kappa shape index (κ1) is 16.4. The highest BCUT2D eigenvalue weighted by molar-refractivity contribution is 5.84. The zero-order valence-corrected chi connectivity index (χ0v) is 13.6. The summed E-state index contributed by atoms with van der Waals surface area (Å²) >= 11 is 0. The van der Waals surface area contributed by atoms with E-state index >= 15 is 0 Å². The van der Waals surface area contributed by atoms with Crippen molar-refractivity contribution >= 4 is 11.9 Å². The van der Waals surface area contributed by atoms with Crippen LogP contribution in [0.25, 0.3) is 5.69 Å². The maximum absolute atomic E-state index is 12.1. The molecule has 0 amide bonds. The average molecular weight is 335 g/mol. The maximum atomic E-state index is 12.1. The Labute approximate surface area is 143 Å². The second-order valence-corrected chi connectivity index (χ2v) is 5.41. The molecule has 126 valence electrons. The second kappa shape index (κ2) is 7.00. The summed E-state index contributed by atoms with van der Waals surface area (Å²) in [5, 5.41) is 10.5. The Kier molecular flexibility index (Phi) is 4.61. The van der Waals surface area contributed by atoms with Gasteiger partial charge in [0.25, 0.3) is 5.56 Å². The molecular weight excluding hydrogens is 318 g/mol. The number of aromatic amines is 1. The van der Waals surface area contributed by atoms with E-state index in [0.29, 0.717) is 11.4 Å². The fourth-order valence-electron chi connectivity index (χ4n) is 2.54. The van der Waals surface area contributed by atoms with Gasteiger partial charge in [-0.2, -0.15) is 0 Å². The molecule has 0 radical (unpaired) electrons. The van der Waals surface area contributed by atoms with E-state index in [4.69, 9.17) is 0 Å². The molecule has 6 nitrogen and oxygen atoms in total. The Morgan fingerprint density at radius 2 is 1.76 bits per heavy atom. The second-order valence-electron chi connectivity index (χ2n) is 5.41. The molecule has 2 N–H and O–H groups in total. The minimum atomic E-state index is -0.709. The summed E-state index contributed by atoms with van der Waals surface area (Å²) in [5.41, 5.74) is 0.707. The first-order valence-electron chi connectivity index (χ1n) is 7.87. The molecule has 3 aromatic rings. The Morgan fingerprint density at radius 1 is 1.08 bits per heavy atom. The molecule has 2 aromatic carbocycles. The molecule has 0 aliphatic rings. The van der Waals surface area contributed by atoms with E-state index < -0.39 is 17.1 Å². The largest absolute Gasteiger partial charge is 0.493 e. The number of aromatic hydroxyl groups is 1. The lowest BCUT2D eigenvalue weighted by Gasteiger charge is -2.09. The fourth-order valence-corrected chi connectivity index (χ4v) is 2.54. The van der Waals surface area contributed by atoms with Crippen LogP contribution in [-0.4, -0.2) is 20.9 Å². The monoisotopic (exact) mass is 335 g/mol. The third-order valence-electron chi connectivity index (χ3n) is 3.84. The van der Waals surface area contributed by atoms with Gasteiger partial charge in [-0.15, -0.1) is 0 Å². The summed E-state index contributed by atoms with van der Waals surface area (Å²) < 4.78 is 1.04. The molecule has 6 heteroatoms. The van der Waals surface area contributed by atoms with Crippen molar-refractivity contribution in [2.75, 3.05) is 0 Å². The molecular formula is C19H17N3O3. The van der Waals surface area contributed by atoms with Gasteiger partial charge in [-0.3, -0.25) is 14.8 Å². The Hall–Kier alpha value is -3.41. The number of para-hydroxylation sites is 2. The van der Waals surface area contributed by atoms with E-state index in [1.807, 2.05) is 31.2 Å². The third kappa shape index (κ3) is 3.28. The first-order valence-corrected chi connectivity index (χ1v) is 7.87. The van der Waals surface area contributed by atoms with Crippen LogP contribution in [0.5, 0.6) is 5.88 Å². The standard InChI is InChI=1S/C19H17N3O3/c1-2-13-8-6-7-11-16(13)20-12-15-17(23)21-19(25)22(18(15)24)14-9-4-3-5-10-14/h3-12,24H,2H2,1H3,(H,21,23,25). The molecule has 0 aliphatic carbocycles. The number of hydrogen-bond donors (Lipinski definition) is 2. The van der Waals surface area contributed by atoms with Crippen LogP contribution in [0.3, 0.4) is 0 Å². The predicted octanol–water partition coefficient (Wildman–Crippen LogP) is 2.54. The lowest BCUT2D eigenvalue weighted by molar-refractivity contribution is 0.430. The van der Waals surface area contributed by atoms with Crippen LogP contribution in [-0.2, 0) is 6.42 Å². The van der Waals surface area contributed by atoms with Gasteiger partial charge < -0.3 is 5.11 Å². The third-order valence-corrected chi connectivity index (χ3v) is 3.84. The minimum Gasteiger partial charge on any atom is -0.493 e. The zero-order valence-electron chi connectivity index (χ0n) is 13.6. The molecule has 0 fully saturated rings. The molecule has 1 aromatic heterocycles. The predicted molar refractivity (Wildman–Crippen MR) is 97.4 cm³/mol. The van der Waals surface area contributed by atoms with Crippen LogP contribution in [0.1, 0.15) is 18.1 Å². The molecule has 0 spiro atoms. The van der Waals surface area contributed by atoms with Crippen LogP contribution in [0.4, 0.5) is 5.69 Å². The Morgan fingerprint density at radius 3 is 2.48 bits per heavy atom. The van der Waals surface area contributed by atoms with Crippen molar-refractivity contribution in [3.63, 3.8) is 0 Å². The Balaban J connectivity index is 2.13. The molecule has 1 heterocycles. The highest BCUT2D eigenvalue weighted by atomic mass is 16.3. The maximum Gasteiger partial charge on any atom is 0.335 e. The number of aliphatic imine (C=N–C) groups is 1. The SMILES string of the molecule is CCc1ccccc1N=Cc1c(O)n(-c2ccccc2)c(=O)[nH]c1=O. The molecule has 0 saturated carbocycles. The van der Waals surface area contributed by atoms with Crippen LogP contribution in [0.15, 0.2) is 69.2 Å². The number of H-pyrrole nitrogens is 1. The molecule has 0 unspecified atom stereocenters. The van der Waals surface area contributed by atoms with Crippen molar-refractivity contribution in [2.24, 2.45) is 4.99 Å².